The van der Waals surface area contributed by atoms with Crippen molar-refractivity contribution in [2.24, 2.45) is 17.8 Å². The van der Waals surface area contributed by atoms with Gasteiger partial charge in [0, 0.05) is 50.1 Å². The topological polar surface area (TPSA) is 343 Å². The minimum absolute atomic E-state index is 0.0214. The van der Waals surface area contributed by atoms with Crippen LogP contribution < -0.4 is 11.4 Å². The number of phosphoric ester groups is 2. The van der Waals surface area contributed by atoms with Crippen molar-refractivity contribution in [2.45, 2.75) is 250 Å². The number of esters is 2. The van der Waals surface area contributed by atoms with Gasteiger partial charge in [0.15, 0.2) is 6.10 Å². The number of ether oxygens (including phenoxy) is 3. The van der Waals surface area contributed by atoms with Gasteiger partial charge in [-0.25, -0.2) is 13.9 Å². The molecular formula is C54H95N3O19P2. The summed E-state index contributed by atoms with van der Waals surface area (Å²) >= 11 is 0. The molecule has 0 amide bonds. The second-order valence-corrected chi connectivity index (χ2v) is 24.6. The molecule has 450 valence electrons. The molecule has 22 nitrogen and oxygen atoms in total. The number of hydrogen-bond donors (Lipinski definition) is 8. The quantitative estimate of drug-likeness (QED) is 0.0178. The molecule has 2 unspecified atom stereocenters. The van der Waals surface area contributed by atoms with Gasteiger partial charge in [0.05, 0.1) is 37.6 Å². The Labute approximate surface area is 461 Å². The fourth-order valence-corrected chi connectivity index (χ4v) is 11.8. The number of ketones is 1. The molecule has 3 rings (SSSR count). The third-order valence-electron chi connectivity index (χ3n) is 14.2. The maximum atomic E-state index is 13.7. The van der Waals surface area contributed by atoms with Crippen molar-refractivity contribution in [3.63, 3.8) is 0 Å². The molecule has 0 aliphatic carbocycles. The number of Topliss-reactive ketones (excluding diaryl/α,β-unsaturated/α-hetero) is 1. The first-order valence-electron chi connectivity index (χ1n) is 28.7. The zero-order chi connectivity index (χ0) is 57.5. The van der Waals surface area contributed by atoms with E-state index in [9.17, 15) is 63.6 Å². The monoisotopic (exact) mass is 1150 g/mol. The molecule has 2 saturated heterocycles. The van der Waals surface area contributed by atoms with Crippen LogP contribution in [0.3, 0.4) is 0 Å². The predicted octanol–water partition coefficient (Wildman–Crippen LogP) is 8.20. The Bertz CT molecular complexity index is 2060. The number of nitrogens with zero attached hydrogens (tertiary/aromatic N) is 2. The molecule has 2 aliphatic rings. The summed E-state index contributed by atoms with van der Waals surface area (Å²) in [4.78, 5) is 78.1. The van der Waals surface area contributed by atoms with Gasteiger partial charge in [-0.3, -0.25) is 28.0 Å². The number of carbonyl (C=O) groups excluding carboxylic acids is 3. The maximum absolute atomic E-state index is 13.7. The molecule has 2 bridgehead atoms. The van der Waals surface area contributed by atoms with E-state index >= 15 is 0 Å². The second kappa shape index (κ2) is 37.9. The number of aliphatic hydroxyl groups excluding tert-OH is 5. The summed E-state index contributed by atoms with van der Waals surface area (Å²) in [6, 6.07) is 1.18. The molecule has 12 atom stereocenters. The Morgan fingerprint density at radius 3 is 1.94 bits per heavy atom. The summed E-state index contributed by atoms with van der Waals surface area (Å²) < 4.78 is 59.0. The Hall–Kier alpha value is -2.95. The van der Waals surface area contributed by atoms with E-state index in [2.05, 4.69) is 23.1 Å². The van der Waals surface area contributed by atoms with E-state index in [1.54, 1.807) is 0 Å². The highest BCUT2D eigenvalue weighted by Gasteiger charge is 2.45. The molecule has 2 aliphatic heterocycles. The predicted molar refractivity (Wildman–Crippen MR) is 291 cm³/mol. The minimum atomic E-state index is -5.76. The number of hydrogen-bond acceptors (Lipinski definition) is 19. The first-order valence-corrected chi connectivity index (χ1v) is 31.7. The minimum Gasteiger partial charge on any atom is -0.462 e. The van der Waals surface area contributed by atoms with Crippen LogP contribution >= 0.6 is 15.6 Å². The van der Waals surface area contributed by atoms with Crippen LogP contribution in [0.1, 0.15) is 207 Å². The smallest absolute Gasteiger partial charge is 0.462 e. The van der Waals surface area contributed by atoms with Crippen molar-refractivity contribution < 1.29 is 86.4 Å². The molecular weight excluding hydrogens is 1060 g/mol. The molecule has 3 heterocycles. The number of cyclic esters (lactones) is 1. The Balaban J connectivity index is 1.72. The van der Waals surface area contributed by atoms with Crippen molar-refractivity contribution >= 4 is 39.2 Å². The number of aromatic nitrogens is 2. The van der Waals surface area contributed by atoms with Crippen LogP contribution in [0.5, 0.6) is 0 Å². The first-order chi connectivity index (χ1) is 37.1. The lowest BCUT2D eigenvalue weighted by atomic mass is 9.82. The van der Waals surface area contributed by atoms with E-state index in [0.717, 1.165) is 61.6 Å². The molecule has 0 aromatic carbocycles. The van der Waals surface area contributed by atoms with Crippen LogP contribution in [0, 0.1) is 17.8 Å². The maximum Gasteiger partial charge on any atom is 0.481 e. The van der Waals surface area contributed by atoms with Gasteiger partial charge in [-0.2, -0.15) is 9.29 Å². The fraction of sp³-hybridized carbons (Fsp3) is 0.833. The van der Waals surface area contributed by atoms with Crippen molar-refractivity contribution in [3.05, 3.63) is 34.9 Å². The van der Waals surface area contributed by atoms with Gasteiger partial charge in [-0.15, -0.1) is 0 Å². The van der Waals surface area contributed by atoms with Crippen molar-refractivity contribution in [1.29, 1.82) is 0 Å². The standard InChI is InChI=1S/C54H95N3O19P2/c1-4-5-20-26-40(58)30-31-43-45(60)35-46(61)44-34-41(59)27-23-24-28-49(62)71-36-42(74-50(63)29-22-19-17-15-13-11-9-7-6-8-10-12-14-16-18-21-25-39(2)3)37-72-77(67,68)76-78(69,70)73-38-47(52(65)51(43)64)75-53(44)57-33-32-48(55)56-54(57)66/h30-33,39-40,42-47,51-53,58,60-61,64-65H,4-29,34-38H2,1-3H3,(H,67,68)(H,69,70)(H2,55,56,66)/b31-30+/t40-,42+,43-,44-,45+,46-,47+,51-,52+,53+/m0/s1. The lowest BCUT2D eigenvalue weighted by Gasteiger charge is -2.40. The molecule has 0 radical (unpaired) electrons. The van der Waals surface area contributed by atoms with Gasteiger partial charge in [0.2, 0.25) is 0 Å². The molecule has 0 spiro atoms. The number of phosphoric acid groups is 2. The molecule has 1 aromatic heterocycles. The van der Waals surface area contributed by atoms with Crippen LogP contribution in [0.2, 0.25) is 0 Å². The zero-order valence-corrected chi connectivity index (χ0v) is 48.3. The van der Waals surface area contributed by atoms with Crippen LogP contribution in [-0.2, 0) is 51.1 Å². The first kappa shape index (κ1) is 69.3. The summed E-state index contributed by atoms with van der Waals surface area (Å²) in [7, 11) is -11.4. The number of anilines is 1. The van der Waals surface area contributed by atoms with Gasteiger partial charge < -0.3 is 55.3 Å². The van der Waals surface area contributed by atoms with Crippen LogP contribution in [0.15, 0.2) is 29.2 Å². The van der Waals surface area contributed by atoms with E-state index in [1.807, 2.05) is 6.92 Å². The summed E-state index contributed by atoms with van der Waals surface area (Å²) in [5.41, 5.74) is 4.68. The summed E-state index contributed by atoms with van der Waals surface area (Å²) in [6.07, 6.45) is 10.7. The highest BCUT2D eigenvalue weighted by Crippen LogP contribution is 2.60. The summed E-state index contributed by atoms with van der Waals surface area (Å²) in [5, 5.41) is 57.6. The number of aliphatic hydroxyl groups is 5. The molecule has 24 heteroatoms. The van der Waals surface area contributed by atoms with E-state index in [4.69, 9.17) is 29.0 Å². The normalized spacial score (nSPS) is 29.2. The average molecular weight is 1150 g/mol. The van der Waals surface area contributed by atoms with Gasteiger partial charge in [-0.05, 0) is 37.7 Å². The molecule has 9 N–H and O–H groups in total. The molecule has 78 heavy (non-hydrogen) atoms. The molecule has 1 aromatic rings. The van der Waals surface area contributed by atoms with Gasteiger partial charge in [0.25, 0.3) is 0 Å². The molecule has 2 fully saturated rings. The fourth-order valence-electron chi connectivity index (χ4n) is 9.66. The van der Waals surface area contributed by atoms with Crippen molar-refractivity contribution in [1.82, 2.24) is 9.55 Å². The second-order valence-electron chi connectivity index (χ2n) is 21.6. The number of rotatable bonds is 27. The lowest BCUT2D eigenvalue weighted by Crippen LogP contribution is -2.52. The highest BCUT2D eigenvalue weighted by atomic mass is 31.3. The van der Waals surface area contributed by atoms with Gasteiger partial charge in [0.1, 0.15) is 36.6 Å². The van der Waals surface area contributed by atoms with E-state index in [-0.39, 0.29) is 37.9 Å². The SMILES string of the molecule is CCCCC[C@H](O)/C=C/[C@@H]1[C@H](O)[C@H](O)[C@H]2COP(=O)(O)OP(=O)(O)OC[C@H](OC(=O)CCCCCCCCCCCCCCCCCCC(C)C)COC(=O)CCCCC(=O)C[C@H]([C@H](n3ccc(N)nc3=O)O2)[C@@H](O)C[C@H]1O. The van der Waals surface area contributed by atoms with E-state index in [0.29, 0.717) is 19.3 Å². The Morgan fingerprint density at radius 1 is 0.782 bits per heavy atom. The number of nitrogen functional groups attached to an aromatic ring is 1. The van der Waals surface area contributed by atoms with Crippen molar-refractivity contribution in [2.75, 3.05) is 25.6 Å². The third-order valence-corrected chi connectivity index (χ3v) is 16.8. The Morgan fingerprint density at radius 2 is 1.35 bits per heavy atom. The molecule has 0 saturated carbocycles. The Kier molecular flexibility index (Phi) is 33.7. The average Bonchev–Trinajstić information content (AvgIpc) is 3.40. The van der Waals surface area contributed by atoms with E-state index in [1.165, 1.54) is 88.8 Å². The summed E-state index contributed by atoms with van der Waals surface area (Å²) in [6.45, 7) is 3.66. The van der Waals surface area contributed by atoms with Crippen LogP contribution in [0.25, 0.3) is 0 Å². The number of unbranched alkanes of at least 4 members (excludes halogenated alkanes) is 17. The lowest BCUT2D eigenvalue weighted by molar-refractivity contribution is -0.196. The van der Waals surface area contributed by atoms with Crippen molar-refractivity contribution in [3.8, 4) is 0 Å². The number of fused-ring (bicyclic) bond motifs is 3. The third kappa shape index (κ3) is 28.6. The summed E-state index contributed by atoms with van der Waals surface area (Å²) in [5.74, 6) is -4.38. The number of carbonyl (C=O) groups is 3. The highest BCUT2D eigenvalue weighted by molar-refractivity contribution is 7.61. The van der Waals surface area contributed by atoms with Gasteiger partial charge in [-0.1, -0.05) is 155 Å². The largest absolute Gasteiger partial charge is 0.481 e. The van der Waals surface area contributed by atoms with Gasteiger partial charge >= 0.3 is 33.3 Å². The number of nitrogens with two attached hydrogens (primary N) is 1. The van der Waals surface area contributed by atoms with Crippen LogP contribution in [-0.4, -0.2) is 125 Å². The zero-order valence-electron chi connectivity index (χ0n) is 46.5. The van der Waals surface area contributed by atoms with E-state index < -0.39 is 133 Å². The van der Waals surface area contributed by atoms with Crippen LogP contribution in [0.4, 0.5) is 5.82 Å².